The Morgan fingerprint density at radius 3 is 1.43 bits per heavy atom. The fourth-order valence-corrected chi connectivity index (χ4v) is 18.0. The lowest BCUT2D eigenvalue weighted by Crippen LogP contribution is -2.58. The van der Waals surface area contributed by atoms with E-state index in [-0.39, 0.29) is 52.6 Å². The van der Waals surface area contributed by atoms with Crippen LogP contribution in [-0.2, 0) is 58.7 Å². The Kier molecular flexibility index (Phi) is 20.8. The van der Waals surface area contributed by atoms with Crippen molar-refractivity contribution in [1.29, 1.82) is 0 Å². The third kappa shape index (κ3) is 14.9. The number of hydrogen-bond acceptors (Lipinski definition) is 13. The first kappa shape index (κ1) is 76.9. The number of likely N-dealkylation sites (N-methyl/N-ethyl adjacent to an activating group) is 2. The lowest BCUT2D eigenvalue weighted by Gasteiger charge is -2.52. The van der Waals surface area contributed by atoms with Crippen LogP contribution in [0.25, 0.3) is 0 Å². The number of ether oxygens (including phenoxy) is 2. The maximum absolute atomic E-state index is 13.6. The normalized spacial score (nSPS) is 20.1. The molecule has 26 heteroatoms. The van der Waals surface area contributed by atoms with Crippen molar-refractivity contribution in [2.45, 2.75) is 202 Å². The van der Waals surface area contributed by atoms with E-state index in [0.29, 0.717) is 137 Å². The van der Waals surface area contributed by atoms with Gasteiger partial charge in [-0.15, -0.1) is 0 Å². The van der Waals surface area contributed by atoms with Crippen LogP contribution in [0.5, 0.6) is 11.5 Å². The molecule has 2 aliphatic carbocycles. The molecule has 0 atom stereocenters. The Balaban J connectivity index is 0.000000158. The SMILES string of the molecule is CN1CCn2c(C(=O)C(F)(F)F)ccc2C12CCN(C(=O)c1ccc(CC(C)(C)O)cc1)CC2.CN1CCn2c(C(=O)C3(C)CC3)ccc2C12CCN(C(=O)c1ccc(S(=O)(=O)C(C)(C)C)cc1)CC2.COc1cc(C(=O)N2CCC3(CC2)c2ccc(C(F)(F)F)n2CCN3C2CC2)ccc1OC(C)C.[HH]. The van der Waals surface area contributed by atoms with Gasteiger partial charge in [-0.25, -0.2) is 8.42 Å². The molecule has 14 rings (SSSR count). The number of carbonyl (C=O) groups excluding carboxylic acids is 5. The number of halogens is 6. The smallest absolute Gasteiger partial charge is 0.456 e. The first-order valence-electron chi connectivity index (χ1n) is 36.7. The fourth-order valence-electron chi connectivity index (χ4n) is 16.8. The number of benzene rings is 3. The van der Waals surface area contributed by atoms with E-state index in [0.717, 1.165) is 68.6 Å². The second kappa shape index (κ2) is 28.4. The summed E-state index contributed by atoms with van der Waals surface area (Å²) in [6.45, 7) is 21.0. The number of piperidine rings is 3. The molecule has 3 aromatic heterocycles. The lowest BCUT2D eigenvalue weighted by atomic mass is 9.80. The van der Waals surface area contributed by atoms with Crippen LogP contribution in [0.4, 0.5) is 26.3 Å². The van der Waals surface area contributed by atoms with Gasteiger partial charge in [0.15, 0.2) is 27.1 Å². The Hall–Kier alpha value is -7.78. The average molecular weight is 1480 g/mol. The zero-order valence-corrected chi connectivity index (χ0v) is 62.9. The molecule has 19 nitrogen and oxygen atoms in total. The first-order valence-corrected chi connectivity index (χ1v) is 38.2. The van der Waals surface area contributed by atoms with Crippen LogP contribution in [0.3, 0.4) is 0 Å². The molecular weight excluding hydrogens is 1380 g/mol. The van der Waals surface area contributed by atoms with Crippen LogP contribution in [-0.4, -0.2) is 195 Å². The largest absolute Gasteiger partial charge is 0.493 e. The number of carbonyl (C=O) groups is 5. The van der Waals surface area contributed by atoms with Gasteiger partial charge in [-0.3, -0.25) is 38.7 Å². The average Bonchev–Trinajstić information content (AvgIpc) is 1.40. The van der Waals surface area contributed by atoms with Crippen molar-refractivity contribution in [3.05, 3.63) is 160 Å². The van der Waals surface area contributed by atoms with Crippen molar-refractivity contribution in [1.82, 2.24) is 43.1 Å². The Bertz CT molecular complexity index is 4370. The number of amides is 3. The lowest BCUT2D eigenvalue weighted by molar-refractivity contribution is -0.145. The molecule has 3 saturated heterocycles. The maximum atomic E-state index is 13.6. The van der Waals surface area contributed by atoms with Crippen LogP contribution in [0, 0.1) is 5.41 Å². The van der Waals surface area contributed by atoms with E-state index >= 15 is 0 Å². The molecule has 6 aliphatic heterocycles. The molecule has 570 valence electrons. The second-order valence-corrected chi connectivity index (χ2v) is 34.8. The Morgan fingerprint density at radius 1 is 0.543 bits per heavy atom. The van der Waals surface area contributed by atoms with E-state index < -0.39 is 55.1 Å². The van der Waals surface area contributed by atoms with E-state index in [1.807, 2.05) is 44.0 Å². The van der Waals surface area contributed by atoms with Crippen molar-refractivity contribution in [2.24, 2.45) is 5.41 Å². The summed E-state index contributed by atoms with van der Waals surface area (Å²) >= 11 is 0. The molecule has 3 amide bonds. The van der Waals surface area contributed by atoms with Crippen molar-refractivity contribution < 1.29 is 74.7 Å². The predicted octanol–water partition coefficient (Wildman–Crippen LogP) is 12.9. The predicted molar refractivity (Wildman–Crippen MR) is 386 cm³/mol. The number of methoxy groups -OCH3 is 1. The third-order valence-electron chi connectivity index (χ3n) is 23.3. The molecule has 0 bridgehead atoms. The monoisotopic (exact) mass is 1480 g/mol. The number of nitrogens with zero attached hydrogens (tertiary/aromatic N) is 9. The highest BCUT2D eigenvalue weighted by molar-refractivity contribution is 7.92. The molecule has 1 N–H and O–H groups in total. The minimum atomic E-state index is -4.91. The maximum Gasteiger partial charge on any atom is 0.456 e. The molecule has 3 spiro atoms. The number of ketones is 2. The summed E-state index contributed by atoms with van der Waals surface area (Å²) in [5.41, 5.74) is 2.90. The number of likely N-dealkylation sites (tertiary alicyclic amines) is 3. The highest BCUT2D eigenvalue weighted by Crippen LogP contribution is 2.52. The summed E-state index contributed by atoms with van der Waals surface area (Å²) in [6, 6.07) is 29.1. The summed E-state index contributed by atoms with van der Waals surface area (Å²) in [7, 11) is 2.17. The highest BCUT2D eigenvalue weighted by Gasteiger charge is 2.54. The molecular formula is C79H101F6N9O10S. The van der Waals surface area contributed by atoms with Gasteiger partial charge in [0, 0.05) is 132 Å². The first-order chi connectivity index (χ1) is 49.3. The molecule has 0 radical (unpaired) electrons. The number of rotatable bonds is 13. The van der Waals surface area contributed by atoms with Crippen LogP contribution in [0.15, 0.2) is 108 Å². The topological polar surface area (TPSA) is 192 Å². The number of Topliss-reactive ketones (excluding diaryl/α,β-unsaturated/α-hetero) is 2. The summed E-state index contributed by atoms with van der Waals surface area (Å²) in [5.74, 6) is -0.739. The van der Waals surface area contributed by atoms with Gasteiger partial charge in [0.2, 0.25) is 0 Å². The minimum absolute atomic E-state index is 0. The van der Waals surface area contributed by atoms with Crippen molar-refractivity contribution in [2.75, 3.05) is 80.1 Å². The van der Waals surface area contributed by atoms with Crippen LogP contribution in [0.2, 0.25) is 0 Å². The molecule has 0 unspecified atom stereocenters. The molecule has 105 heavy (non-hydrogen) atoms. The number of fused-ring (bicyclic) bond motifs is 6. The van der Waals surface area contributed by atoms with Gasteiger partial charge in [0.25, 0.3) is 23.5 Å². The van der Waals surface area contributed by atoms with E-state index in [2.05, 4.69) is 39.3 Å². The van der Waals surface area contributed by atoms with Crippen LogP contribution in [0.1, 0.15) is 201 Å². The molecule has 3 aromatic carbocycles. The van der Waals surface area contributed by atoms with E-state index in [9.17, 15) is 63.8 Å². The van der Waals surface area contributed by atoms with Gasteiger partial charge in [0.05, 0.1) is 56.5 Å². The van der Waals surface area contributed by atoms with Gasteiger partial charge in [-0.1, -0.05) is 19.1 Å². The van der Waals surface area contributed by atoms with Gasteiger partial charge in [-0.2, -0.15) is 26.3 Å². The minimum Gasteiger partial charge on any atom is -0.493 e. The van der Waals surface area contributed by atoms with E-state index in [1.54, 1.807) is 118 Å². The van der Waals surface area contributed by atoms with E-state index in [4.69, 9.17) is 9.47 Å². The van der Waals surface area contributed by atoms with Gasteiger partial charge in [0.1, 0.15) is 5.69 Å². The number of sulfone groups is 1. The van der Waals surface area contributed by atoms with Crippen molar-refractivity contribution in [3.63, 3.8) is 0 Å². The standard InChI is InChI=1S/C28H37N3O4S.C26H32F3N3O3.C25H30F3N3O3.H2/c1-26(2,3)36(34,35)21-8-6-20(7-9-21)25(33)30-16-14-28(15-17-30)23-11-10-22(24(32)27(4)12-13-27)31(23)19-18-29(28)5;1-17(2)35-20-7-4-18(16-21(20)34-3)24(33)30-12-10-25(11-13-30)22-8-9-23(26(27,28)29)31(22)14-15-32(25)19-5-6-19;1-23(2,34)16-17-4-6-18(7-5-17)22(33)30-12-10-24(11-13-30)20-9-8-19(21(32)25(26,27)28)31(20)15-14-29(24)3;/h6-11H,12-19H2,1-5H3;4,7-9,16-17,19H,5-6,10-15H2,1-3H3;4-9,34H,10-16H2,1-3H3;1H. The number of hydrogen-bond donors (Lipinski definition) is 1. The molecule has 6 aromatic rings. The van der Waals surface area contributed by atoms with Crippen LogP contribution >= 0.6 is 0 Å². The zero-order valence-electron chi connectivity index (χ0n) is 62.1. The molecule has 5 fully saturated rings. The van der Waals surface area contributed by atoms with Crippen molar-refractivity contribution >= 4 is 39.1 Å². The van der Waals surface area contributed by atoms with Crippen molar-refractivity contribution in [3.8, 4) is 11.5 Å². The molecule has 8 aliphatic rings. The van der Waals surface area contributed by atoms with Gasteiger partial charge >= 0.3 is 12.4 Å². The van der Waals surface area contributed by atoms with Gasteiger partial charge in [-0.05, 0) is 223 Å². The number of alkyl halides is 6. The highest BCUT2D eigenvalue weighted by atomic mass is 32.2. The van der Waals surface area contributed by atoms with Gasteiger partial charge < -0.3 is 43.0 Å². The Labute approximate surface area is 612 Å². The number of aromatic nitrogens is 3. The molecule has 9 heterocycles. The zero-order chi connectivity index (χ0) is 75.9. The summed E-state index contributed by atoms with van der Waals surface area (Å²) < 4.78 is 121. The summed E-state index contributed by atoms with van der Waals surface area (Å²) in [5, 5.41) is 9.98. The number of aliphatic hydroxyl groups is 1. The van der Waals surface area contributed by atoms with E-state index in [1.165, 1.54) is 27.0 Å². The Morgan fingerprint density at radius 2 is 0.981 bits per heavy atom. The van der Waals surface area contributed by atoms with Crippen LogP contribution < -0.4 is 9.47 Å². The second-order valence-electron chi connectivity index (χ2n) is 32.1. The third-order valence-corrected chi connectivity index (χ3v) is 25.8. The summed E-state index contributed by atoms with van der Waals surface area (Å²) in [6.07, 6.45) is -0.772. The fraction of sp³-hybridized carbons (Fsp3) is 0.557. The summed E-state index contributed by atoms with van der Waals surface area (Å²) in [4.78, 5) is 77.4. The quantitative estimate of drug-likeness (QED) is 0.0849. The molecule has 2 saturated carbocycles.